The van der Waals surface area contributed by atoms with E-state index in [0.717, 1.165) is 29.3 Å². The van der Waals surface area contributed by atoms with Gasteiger partial charge in [-0.1, -0.05) is 11.8 Å². The normalized spacial score (nSPS) is 21.0. The molecule has 4 heteroatoms. The number of hydrogen-bond donors (Lipinski definition) is 1. The molecule has 0 saturated heterocycles. The fourth-order valence-corrected chi connectivity index (χ4v) is 1.82. The summed E-state index contributed by atoms with van der Waals surface area (Å²) >= 11 is 1.57. The lowest BCUT2D eigenvalue weighted by molar-refractivity contribution is 0.711. The van der Waals surface area contributed by atoms with Crippen molar-refractivity contribution >= 4 is 11.8 Å². The first-order valence-corrected chi connectivity index (χ1v) is 5.19. The maximum atomic E-state index is 5.85. The molecule has 0 fully saturated rings. The highest BCUT2D eigenvalue weighted by Crippen LogP contribution is 2.27. The van der Waals surface area contributed by atoms with E-state index < -0.39 is 0 Å². The Morgan fingerprint density at radius 3 is 3.25 bits per heavy atom. The van der Waals surface area contributed by atoms with E-state index in [-0.39, 0.29) is 6.04 Å². The molecule has 0 radical (unpaired) electrons. The topological polar surface area (TPSA) is 51.8 Å². The summed E-state index contributed by atoms with van der Waals surface area (Å²) in [6.07, 6.45) is 5.87. The summed E-state index contributed by atoms with van der Waals surface area (Å²) in [6, 6.07) is 0.163. The SMILES string of the molecule is CSc1ncc2c(n1)CCC2N. The Labute approximate surface area is 75.8 Å². The molecular weight excluding hydrogens is 170 g/mol. The van der Waals surface area contributed by atoms with E-state index in [1.807, 2.05) is 12.5 Å². The molecule has 1 aromatic rings. The fourth-order valence-electron chi connectivity index (χ4n) is 1.46. The minimum atomic E-state index is 0.163. The molecule has 1 atom stereocenters. The molecule has 0 bridgehead atoms. The number of fused-ring (bicyclic) bond motifs is 1. The molecule has 0 aromatic carbocycles. The van der Waals surface area contributed by atoms with Gasteiger partial charge in [-0.25, -0.2) is 9.97 Å². The van der Waals surface area contributed by atoms with Crippen molar-refractivity contribution in [2.24, 2.45) is 5.73 Å². The third-order valence-corrected chi connectivity index (χ3v) is 2.71. The molecule has 1 heterocycles. The van der Waals surface area contributed by atoms with Crippen LogP contribution in [0, 0.1) is 0 Å². The van der Waals surface area contributed by atoms with Gasteiger partial charge in [0.1, 0.15) is 0 Å². The lowest BCUT2D eigenvalue weighted by Gasteiger charge is -2.02. The third kappa shape index (κ3) is 1.21. The minimum absolute atomic E-state index is 0.163. The number of nitrogens with two attached hydrogens (primary N) is 1. The van der Waals surface area contributed by atoms with Crippen LogP contribution in [-0.4, -0.2) is 16.2 Å². The first-order valence-electron chi connectivity index (χ1n) is 3.96. The van der Waals surface area contributed by atoms with E-state index >= 15 is 0 Å². The number of hydrogen-bond acceptors (Lipinski definition) is 4. The number of aromatic nitrogens is 2. The summed E-state index contributed by atoms with van der Waals surface area (Å²) in [7, 11) is 0. The highest BCUT2D eigenvalue weighted by Gasteiger charge is 2.20. The molecule has 0 saturated carbocycles. The largest absolute Gasteiger partial charge is 0.324 e. The van der Waals surface area contributed by atoms with E-state index in [2.05, 4.69) is 9.97 Å². The van der Waals surface area contributed by atoms with Crippen LogP contribution < -0.4 is 5.73 Å². The van der Waals surface area contributed by atoms with Crippen LogP contribution in [0.4, 0.5) is 0 Å². The summed E-state index contributed by atoms with van der Waals surface area (Å²) in [6.45, 7) is 0. The van der Waals surface area contributed by atoms with Gasteiger partial charge in [0.05, 0.1) is 0 Å². The van der Waals surface area contributed by atoms with Crippen molar-refractivity contribution in [1.82, 2.24) is 9.97 Å². The summed E-state index contributed by atoms with van der Waals surface area (Å²) in [5, 5.41) is 0.850. The number of thioether (sulfide) groups is 1. The van der Waals surface area contributed by atoms with Gasteiger partial charge in [0.25, 0.3) is 0 Å². The summed E-state index contributed by atoms with van der Waals surface area (Å²) in [4.78, 5) is 8.59. The Morgan fingerprint density at radius 2 is 2.50 bits per heavy atom. The number of nitrogens with zero attached hydrogens (tertiary/aromatic N) is 2. The van der Waals surface area contributed by atoms with Crippen LogP contribution in [0.25, 0.3) is 0 Å². The smallest absolute Gasteiger partial charge is 0.187 e. The molecule has 64 valence electrons. The maximum Gasteiger partial charge on any atom is 0.187 e. The Morgan fingerprint density at radius 1 is 1.67 bits per heavy atom. The van der Waals surface area contributed by atoms with E-state index in [1.54, 1.807) is 11.8 Å². The van der Waals surface area contributed by atoms with Crippen LogP contribution in [0.1, 0.15) is 23.7 Å². The zero-order valence-electron chi connectivity index (χ0n) is 6.95. The van der Waals surface area contributed by atoms with Crippen LogP contribution in [0.2, 0.25) is 0 Å². The second-order valence-electron chi connectivity index (χ2n) is 2.90. The van der Waals surface area contributed by atoms with Gasteiger partial charge < -0.3 is 5.73 Å². The minimum Gasteiger partial charge on any atom is -0.324 e. The Balaban J connectivity index is 2.41. The predicted octanol–water partition coefficient (Wildman–Crippen LogP) is 1.14. The van der Waals surface area contributed by atoms with Crippen LogP contribution in [-0.2, 0) is 6.42 Å². The van der Waals surface area contributed by atoms with Crippen molar-refractivity contribution in [3.8, 4) is 0 Å². The molecule has 2 rings (SSSR count). The van der Waals surface area contributed by atoms with E-state index in [4.69, 9.17) is 5.73 Å². The molecule has 1 aliphatic rings. The zero-order chi connectivity index (χ0) is 8.55. The second-order valence-corrected chi connectivity index (χ2v) is 3.68. The highest BCUT2D eigenvalue weighted by molar-refractivity contribution is 7.98. The molecule has 0 aliphatic heterocycles. The van der Waals surface area contributed by atoms with Gasteiger partial charge in [0.2, 0.25) is 0 Å². The molecule has 1 aliphatic carbocycles. The fraction of sp³-hybridized carbons (Fsp3) is 0.500. The van der Waals surface area contributed by atoms with Crippen molar-refractivity contribution in [3.63, 3.8) is 0 Å². The second kappa shape index (κ2) is 3.03. The maximum absolute atomic E-state index is 5.85. The number of aryl methyl sites for hydroxylation is 1. The monoisotopic (exact) mass is 181 g/mol. The van der Waals surface area contributed by atoms with Crippen LogP contribution in [0.3, 0.4) is 0 Å². The van der Waals surface area contributed by atoms with Gasteiger partial charge in [0.15, 0.2) is 5.16 Å². The van der Waals surface area contributed by atoms with E-state index in [0.29, 0.717) is 0 Å². The summed E-state index contributed by atoms with van der Waals surface area (Å²) in [5.41, 5.74) is 8.12. The predicted molar refractivity (Wildman–Crippen MR) is 49.1 cm³/mol. The first kappa shape index (κ1) is 8.01. The molecule has 12 heavy (non-hydrogen) atoms. The standard InChI is InChI=1S/C8H11N3S/c1-12-8-10-4-5-6(9)2-3-7(5)11-8/h4,6H,2-3,9H2,1H3. The molecular formula is C8H11N3S. The van der Waals surface area contributed by atoms with Gasteiger partial charge in [-0.2, -0.15) is 0 Å². The molecule has 1 aromatic heterocycles. The van der Waals surface area contributed by atoms with E-state index in [1.165, 1.54) is 0 Å². The quantitative estimate of drug-likeness (QED) is 0.521. The average Bonchev–Trinajstić information content (AvgIpc) is 2.47. The Hall–Kier alpha value is -0.610. The Bertz CT molecular complexity index is 300. The van der Waals surface area contributed by atoms with Gasteiger partial charge in [0, 0.05) is 23.5 Å². The van der Waals surface area contributed by atoms with Crippen LogP contribution in [0.15, 0.2) is 11.4 Å². The average molecular weight is 181 g/mol. The lowest BCUT2D eigenvalue weighted by atomic mass is 10.2. The molecule has 2 N–H and O–H groups in total. The van der Waals surface area contributed by atoms with Crippen molar-refractivity contribution in [2.75, 3.05) is 6.26 Å². The van der Waals surface area contributed by atoms with Crippen molar-refractivity contribution in [3.05, 3.63) is 17.5 Å². The molecule has 0 amide bonds. The molecule has 0 spiro atoms. The van der Waals surface area contributed by atoms with Gasteiger partial charge in [-0.3, -0.25) is 0 Å². The highest BCUT2D eigenvalue weighted by atomic mass is 32.2. The Kier molecular flexibility index (Phi) is 2.02. The lowest BCUT2D eigenvalue weighted by Crippen LogP contribution is -2.06. The molecule has 3 nitrogen and oxygen atoms in total. The van der Waals surface area contributed by atoms with E-state index in [9.17, 15) is 0 Å². The zero-order valence-corrected chi connectivity index (χ0v) is 7.77. The summed E-state index contributed by atoms with van der Waals surface area (Å²) < 4.78 is 0. The van der Waals surface area contributed by atoms with Crippen molar-refractivity contribution in [1.29, 1.82) is 0 Å². The molecule has 1 unspecified atom stereocenters. The number of rotatable bonds is 1. The van der Waals surface area contributed by atoms with Crippen molar-refractivity contribution < 1.29 is 0 Å². The first-order chi connectivity index (χ1) is 5.81. The third-order valence-electron chi connectivity index (χ3n) is 2.15. The summed E-state index contributed by atoms with van der Waals surface area (Å²) in [5.74, 6) is 0. The van der Waals surface area contributed by atoms with Gasteiger partial charge in [-0.05, 0) is 19.1 Å². The van der Waals surface area contributed by atoms with Gasteiger partial charge in [-0.15, -0.1) is 0 Å². The van der Waals surface area contributed by atoms with Crippen molar-refractivity contribution in [2.45, 2.75) is 24.0 Å². The van der Waals surface area contributed by atoms with Crippen LogP contribution >= 0.6 is 11.8 Å². The van der Waals surface area contributed by atoms with Crippen LogP contribution in [0.5, 0.6) is 0 Å². The van der Waals surface area contributed by atoms with Gasteiger partial charge >= 0.3 is 0 Å².